The number of hydrogen-bond acceptors (Lipinski definition) is 2. The predicted molar refractivity (Wildman–Crippen MR) is 82.7 cm³/mol. The summed E-state index contributed by atoms with van der Waals surface area (Å²) in [4.78, 5) is 12.1. The zero-order valence-electron chi connectivity index (χ0n) is 10.2. The number of carbonyl (C=O) groups is 1. The quantitative estimate of drug-likeness (QED) is 0.804. The van der Waals surface area contributed by atoms with E-state index in [1.54, 1.807) is 30.3 Å². The number of nitrogen functional groups attached to an aromatic ring is 1. The lowest BCUT2D eigenvalue weighted by molar-refractivity contribution is 0.102. The topological polar surface area (TPSA) is 55.1 Å². The number of nitrogens with one attached hydrogen (secondary N) is 1. The van der Waals surface area contributed by atoms with E-state index < -0.39 is 0 Å². The zero-order chi connectivity index (χ0) is 14.0. The Morgan fingerprint density at radius 3 is 2.68 bits per heavy atom. The molecule has 0 saturated heterocycles. The molecule has 0 radical (unpaired) electrons. The Kier molecular flexibility index (Phi) is 4.12. The highest BCUT2D eigenvalue weighted by Crippen LogP contribution is 2.26. The van der Waals surface area contributed by atoms with Gasteiger partial charge in [0.15, 0.2) is 0 Å². The molecule has 98 valence electrons. The van der Waals surface area contributed by atoms with Crippen molar-refractivity contribution in [2.75, 3.05) is 11.1 Å². The summed E-state index contributed by atoms with van der Waals surface area (Å²) in [7, 11) is 0. The van der Waals surface area contributed by atoms with Crippen molar-refractivity contribution in [1.82, 2.24) is 0 Å². The highest BCUT2D eigenvalue weighted by atomic mass is 79.9. The number of halogens is 2. The number of rotatable bonds is 2. The van der Waals surface area contributed by atoms with Gasteiger partial charge in [-0.3, -0.25) is 4.79 Å². The third-order valence-corrected chi connectivity index (χ3v) is 3.84. The fourth-order valence-corrected chi connectivity index (χ4v) is 2.14. The maximum absolute atomic E-state index is 12.1. The summed E-state index contributed by atoms with van der Waals surface area (Å²) in [6, 6.07) is 10.5. The van der Waals surface area contributed by atoms with Gasteiger partial charge < -0.3 is 11.1 Å². The van der Waals surface area contributed by atoms with Crippen molar-refractivity contribution in [2.24, 2.45) is 0 Å². The third kappa shape index (κ3) is 3.28. The molecule has 2 aromatic carbocycles. The van der Waals surface area contributed by atoms with Gasteiger partial charge in [0.1, 0.15) is 0 Å². The predicted octanol–water partition coefficient (Wildman–Crippen LogP) is 4.25. The summed E-state index contributed by atoms with van der Waals surface area (Å²) in [6.45, 7) is 1.91. The Labute approximate surface area is 124 Å². The largest absolute Gasteiger partial charge is 0.398 e. The van der Waals surface area contributed by atoms with Gasteiger partial charge in [0.2, 0.25) is 0 Å². The molecule has 5 heteroatoms. The summed E-state index contributed by atoms with van der Waals surface area (Å²) in [5.41, 5.74) is 8.36. The average molecular weight is 340 g/mol. The smallest absolute Gasteiger partial charge is 0.257 e. The Balaban J connectivity index is 2.25. The SMILES string of the molecule is Cc1ccc(N)c(C(=O)Nc2ccc(Cl)c(Br)c2)c1. The lowest BCUT2D eigenvalue weighted by Crippen LogP contribution is -2.14. The minimum atomic E-state index is -0.240. The number of amides is 1. The van der Waals surface area contributed by atoms with Crippen LogP contribution in [0, 0.1) is 6.92 Å². The van der Waals surface area contributed by atoms with Crippen molar-refractivity contribution in [3.05, 3.63) is 57.0 Å². The van der Waals surface area contributed by atoms with Crippen molar-refractivity contribution < 1.29 is 4.79 Å². The normalized spacial score (nSPS) is 10.3. The molecule has 0 saturated carbocycles. The number of hydrogen-bond donors (Lipinski definition) is 2. The maximum Gasteiger partial charge on any atom is 0.257 e. The van der Waals surface area contributed by atoms with Gasteiger partial charge in [-0.05, 0) is 53.2 Å². The van der Waals surface area contributed by atoms with Gasteiger partial charge in [-0.1, -0.05) is 23.2 Å². The van der Waals surface area contributed by atoms with E-state index in [4.69, 9.17) is 17.3 Å². The van der Waals surface area contributed by atoms with Crippen LogP contribution in [0.4, 0.5) is 11.4 Å². The molecule has 0 bridgehead atoms. The van der Waals surface area contributed by atoms with E-state index in [1.165, 1.54) is 0 Å². The van der Waals surface area contributed by atoms with Crippen LogP contribution in [0.15, 0.2) is 40.9 Å². The molecule has 1 amide bonds. The molecule has 0 aromatic heterocycles. The van der Waals surface area contributed by atoms with E-state index in [9.17, 15) is 4.79 Å². The van der Waals surface area contributed by atoms with Crippen LogP contribution in [-0.4, -0.2) is 5.91 Å². The van der Waals surface area contributed by atoms with E-state index in [0.29, 0.717) is 22.0 Å². The standard InChI is InChI=1S/C14H12BrClN2O/c1-8-2-5-13(17)10(6-8)14(19)18-9-3-4-12(16)11(15)7-9/h2-7H,17H2,1H3,(H,18,19). The van der Waals surface area contributed by atoms with Crippen LogP contribution in [0.1, 0.15) is 15.9 Å². The molecule has 0 heterocycles. The van der Waals surface area contributed by atoms with E-state index >= 15 is 0 Å². The van der Waals surface area contributed by atoms with Crippen LogP contribution < -0.4 is 11.1 Å². The molecule has 0 aliphatic rings. The van der Waals surface area contributed by atoms with Gasteiger partial charge in [-0.15, -0.1) is 0 Å². The fraction of sp³-hybridized carbons (Fsp3) is 0.0714. The highest BCUT2D eigenvalue weighted by molar-refractivity contribution is 9.10. The summed E-state index contributed by atoms with van der Waals surface area (Å²) >= 11 is 9.21. The average Bonchev–Trinajstić information content (AvgIpc) is 2.36. The van der Waals surface area contributed by atoms with Crippen molar-refractivity contribution in [1.29, 1.82) is 0 Å². The molecule has 3 N–H and O–H groups in total. The van der Waals surface area contributed by atoms with Crippen LogP contribution in [-0.2, 0) is 0 Å². The van der Waals surface area contributed by atoms with E-state index in [2.05, 4.69) is 21.2 Å². The van der Waals surface area contributed by atoms with Gasteiger partial charge in [0.05, 0.1) is 10.6 Å². The van der Waals surface area contributed by atoms with Gasteiger partial charge in [-0.25, -0.2) is 0 Å². The first-order valence-electron chi connectivity index (χ1n) is 5.60. The van der Waals surface area contributed by atoms with Crippen molar-refractivity contribution in [3.63, 3.8) is 0 Å². The van der Waals surface area contributed by atoms with Crippen molar-refractivity contribution in [2.45, 2.75) is 6.92 Å². The molecule has 0 atom stereocenters. The molecule has 0 spiro atoms. The second kappa shape index (κ2) is 5.63. The van der Waals surface area contributed by atoms with Crippen LogP contribution in [0.25, 0.3) is 0 Å². The monoisotopic (exact) mass is 338 g/mol. The third-order valence-electron chi connectivity index (χ3n) is 2.63. The molecular formula is C14H12BrClN2O. The van der Waals surface area contributed by atoms with Gasteiger partial charge in [0, 0.05) is 15.8 Å². The number of nitrogens with two attached hydrogens (primary N) is 1. The van der Waals surface area contributed by atoms with Crippen LogP contribution in [0.5, 0.6) is 0 Å². The second-order valence-electron chi connectivity index (χ2n) is 4.17. The van der Waals surface area contributed by atoms with Gasteiger partial charge in [0.25, 0.3) is 5.91 Å². The molecule has 0 aliphatic carbocycles. The van der Waals surface area contributed by atoms with Crippen molar-refractivity contribution >= 4 is 44.8 Å². The van der Waals surface area contributed by atoms with E-state index in [0.717, 1.165) is 10.0 Å². The first-order chi connectivity index (χ1) is 8.97. The molecule has 0 unspecified atom stereocenters. The summed E-state index contributed by atoms with van der Waals surface area (Å²) in [5, 5.41) is 3.38. The Bertz CT molecular complexity index is 643. The van der Waals surface area contributed by atoms with Gasteiger partial charge in [-0.2, -0.15) is 0 Å². The van der Waals surface area contributed by atoms with Crippen LogP contribution >= 0.6 is 27.5 Å². The van der Waals surface area contributed by atoms with Gasteiger partial charge >= 0.3 is 0 Å². The lowest BCUT2D eigenvalue weighted by atomic mass is 10.1. The molecular weight excluding hydrogens is 328 g/mol. The Morgan fingerprint density at radius 2 is 2.00 bits per heavy atom. The summed E-state index contributed by atoms with van der Waals surface area (Å²) < 4.78 is 0.726. The molecule has 2 aromatic rings. The Hall–Kier alpha value is -1.52. The number of carbonyl (C=O) groups excluding carboxylic acids is 1. The Morgan fingerprint density at radius 1 is 1.26 bits per heavy atom. The highest BCUT2D eigenvalue weighted by Gasteiger charge is 2.10. The van der Waals surface area contributed by atoms with E-state index in [1.807, 2.05) is 13.0 Å². The maximum atomic E-state index is 12.1. The number of benzene rings is 2. The number of anilines is 2. The lowest BCUT2D eigenvalue weighted by Gasteiger charge is -2.09. The zero-order valence-corrected chi connectivity index (χ0v) is 12.5. The minimum absolute atomic E-state index is 0.240. The summed E-state index contributed by atoms with van der Waals surface area (Å²) in [5.74, 6) is -0.240. The summed E-state index contributed by atoms with van der Waals surface area (Å²) in [6.07, 6.45) is 0. The van der Waals surface area contributed by atoms with E-state index in [-0.39, 0.29) is 5.91 Å². The second-order valence-corrected chi connectivity index (χ2v) is 5.44. The minimum Gasteiger partial charge on any atom is -0.398 e. The molecule has 19 heavy (non-hydrogen) atoms. The first kappa shape index (κ1) is 13.9. The molecule has 2 rings (SSSR count). The van der Waals surface area contributed by atoms with Crippen LogP contribution in [0.3, 0.4) is 0 Å². The van der Waals surface area contributed by atoms with Crippen molar-refractivity contribution in [3.8, 4) is 0 Å². The number of aryl methyl sites for hydroxylation is 1. The fourth-order valence-electron chi connectivity index (χ4n) is 1.64. The molecule has 0 fully saturated rings. The molecule has 0 aliphatic heterocycles. The first-order valence-corrected chi connectivity index (χ1v) is 6.77. The van der Waals surface area contributed by atoms with Crippen LogP contribution in [0.2, 0.25) is 5.02 Å². The molecule has 3 nitrogen and oxygen atoms in total.